The molecule has 0 unspecified atom stereocenters. The van der Waals surface area contributed by atoms with E-state index in [0.29, 0.717) is 19.2 Å². The second-order valence-corrected chi connectivity index (χ2v) is 7.28. The van der Waals surface area contributed by atoms with E-state index in [2.05, 4.69) is 11.0 Å². The number of aromatic nitrogens is 2. The van der Waals surface area contributed by atoms with Crippen LogP contribution in [0.2, 0.25) is 0 Å². The van der Waals surface area contributed by atoms with Crippen LogP contribution in [0.3, 0.4) is 0 Å². The Morgan fingerprint density at radius 1 is 1.15 bits per heavy atom. The molecule has 0 bridgehead atoms. The van der Waals surface area contributed by atoms with Crippen LogP contribution in [0.5, 0.6) is 0 Å². The van der Waals surface area contributed by atoms with Crippen molar-refractivity contribution < 1.29 is 17.9 Å². The maximum absolute atomic E-state index is 12.5. The minimum atomic E-state index is -4.09. The van der Waals surface area contributed by atoms with Gasteiger partial charge in [0.2, 0.25) is 0 Å². The number of piperidine rings is 1. The van der Waals surface area contributed by atoms with Crippen LogP contribution in [0.25, 0.3) is 0 Å². The van der Waals surface area contributed by atoms with E-state index >= 15 is 0 Å². The predicted molar refractivity (Wildman–Crippen MR) is 92.7 cm³/mol. The molecule has 8 heteroatoms. The van der Waals surface area contributed by atoms with Crippen molar-refractivity contribution in [2.75, 3.05) is 32.8 Å². The molecule has 0 atom stereocenters. The summed E-state index contributed by atoms with van der Waals surface area (Å²) in [5.41, 5.74) is 2.05. The van der Waals surface area contributed by atoms with E-state index in [9.17, 15) is 13.2 Å². The van der Waals surface area contributed by atoms with E-state index in [-0.39, 0.29) is 6.54 Å². The zero-order valence-corrected chi connectivity index (χ0v) is 15.5. The van der Waals surface area contributed by atoms with Gasteiger partial charge < -0.3 is 4.74 Å². The van der Waals surface area contributed by atoms with E-state index in [0.717, 1.165) is 63.4 Å². The van der Waals surface area contributed by atoms with Crippen LogP contribution in [0.4, 0.5) is 13.2 Å². The molecule has 1 fully saturated rings. The lowest BCUT2D eigenvalue weighted by molar-refractivity contribution is -0.138. The SMILES string of the molecule is CCOC1CCN(Cc2cc3n(n2)CCCN(CCC(F)(F)F)C3)CC1. The molecule has 1 saturated heterocycles. The molecule has 0 amide bonds. The molecule has 0 N–H and O–H groups in total. The van der Waals surface area contributed by atoms with Crippen LogP contribution in [-0.2, 0) is 24.4 Å². The second-order valence-electron chi connectivity index (χ2n) is 7.28. The van der Waals surface area contributed by atoms with Gasteiger partial charge in [0.15, 0.2) is 0 Å². The topological polar surface area (TPSA) is 33.5 Å². The zero-order chi connectivity index (χ0) is 18.6. The average molecular weight is 374 g/mol. The lowest BCUT2D eigenvalue weighted by Crippen LogP contribution is -2.36. The van der Waals surface area contributed by atoms with Gasteiger partial charge in [0, 0.05) is 52.4 Å². The molecular formula is C18H29F3N4O. The molecule has 1 aromatic heterocycles. The van der Waals surface area contributed by atoms with E-state index < -0.39 is 12.6 Å². The predicted octanol–water partition coefficient (Wildman–Crippen LogP) is 3.04. The number of aryl methyl sites for hydroxylation is 1. The van der Waals surface area contributed by atoms with Crippen LogP contribution in [-0.4, -0.2) is 64.6 Å². The van der Waals surface area contributed by atoms with E-state index in [1.807, 2.05) is 16.5 Å². The maximum atomic E-state index is 12.5. The fraction of sp³-hybridized carbons (Fsp3) is 0.833. The highest BCUT2D eigenvalue weighted by Gasteiger charge is 2.28. The molecular weight excluding hydrogens is 345 g/mol. The van der Waals surface area contributed by atoms with E-state index in [1.165, 1.54) is 0 Å². The van der Waals surface area contributed by atoms with Gasteiger partial charge in [-0.3, -0.25) is 14.5 Å². The van der Waals surface area contributed by atoms with Gasteiger partial charge in [0.05, 0.1) is 23.9 Å². The Hall–Kier alpha value is -1.12. The maximum Gasteiger partial charge on any atom is 0.390 e. The summed E-state index contributed by atoms with van der Waals surface area (Å²) in [4.78, 5) is 4.28. The first-order chi connectivity index (χ1) is 12.4. The number of ether oxygens (including phenoxy) is 1. The molecule has 0 aliphatic carbocycles. The fourth-order valence-electron chi connectivity index (χ4n) is 3.84. The molecule has 0 radical (unpaired) electrons. The number of likely N-dealkylation sites (tertiary alicyclic amines) is 1. The highest BCUT2D eigenvalue weighted by Crippen LogP contribution is 2.22. The van der Waals surface area contributed by atoms with Gasteiger partial charge in [0.1, 0.15) is 0 Å². The van der Waals surface area contributed by atoms with Gasteiger partial charge in [-0.1, -0.05) is 0 Å². The first kappa shape index (κ1) is 19.6. The molecule has 2 aliphatic rings. The molecule has 1 aromatic rings. The minimum Gasteiger partial charge on any atom is -0.378 e. The van der Waals surface area contributed by atoms with Crippen molar-refractivity contribution in [3.05, 3.63) is 17.5 Å². The van der Waals surface area contributed by atoms with Crippen molar-refractivity contribution >= 4 is 0 Å². The molecule has 26 heavy (non-hydrogen) atoms. The molecule has 0 spiro atoms. The second kappa shape index (κ2) is 8.71. The molecule has 148 valence electrons. The van der Waals surface area contributed by atoms with Gasteiger partial charge in [-0.25, -0.2) is 0 Å². The van der Waals surface area contributed by atoms with Crippen molar-refractivity contribution in [2.45, 2.75) is 64.5 Å². The van der Waals surface area contributed by atoms with Crippen molar-refractivity contribution in [1.29, 1.82) is 0 Å². The largest absolute Gasteiger partial charge is 0.390 e. The first-order valence-electron chi connectivity index (χ1n) is 9.61. The fourth-order valence-corrected chi connectivity index (χ4v) is 3.84. The Labute approximate surface area is 153 Å². The van der Waals surface area contributed by atoms with Crippen LogP contribution in [0.1, 0.15) is 44.0 Å². The Morgan fingerprint density at radius 2 is 1.92 bits per heavy atom. The van der Waals surface area contributed by atoms with E-state index in [1.54, 1.807) is 0 Å². The third kappa shape index (κ3) is 5.69. The number of halogens is 3. The summed E-state index contributed by atoms with van der Waals surface area (Å²) in [5.74, 6) is 0. The summed E-state index contributed by atoms with van der Waals surface area (Å²) in [6, 6.07) is 2.07. The van der Waals surface area contributed by atoms with Crippen LogP contribution in [0.15, 0.2) is 6.07 Å². The highest BCUT2D eigenvalue weighted by molar-refractivity contribution is 5.11. The van der Waals surface area contributed by atoms with Crippen molar-refractivity contribution in [3.63, 3.8) is 0 Å². The minimum absolute atomic E-state index is 0.0644. The number of fused-ring (bicyclic) bond motifs is 1. The monoisotopic (exact) mass is 374 g/mol. The summed E-state index contributed by atoms with van der Waals surface area (Å²) < 4.78 is 45.1. The third-order valence-electron chi connectivity index (χ3n) is 5.18. The summed E-state index contributed by atoms with van der Waals surface area (Å²) in [6.07, 6.45) is -1.53. The Kier molecular flexibility index (Phi) is 6.58. The van der Waals surface area contributed by atoms with Gasteiger partial charge in [-0.05, 0) is 32.3 Å². The third-order valence-corrected chi connectivity index (χ3v) is 5.18. The summed E-state index contributed by atoms with van der Waals surface area (Å²) in [5, 5.41) is 4.70. The van der Waals surface area contributed by atoms with Crippen LogP contribution >= 0.6 is 0 Å². The molecule has 3 rings (SSSR count). The molecule has 3 heterocycles. The quantitative estimate of drug-likeness (QED) is 0.766. The number of alkyl halides is 3. The van der Waals surface area contributed by atoms with Crippen molar-refractivity contribution in [2.24, 2.45) is 0 Å². The first-order valence-corrected chi connectivity index (χ1v) is 9.61. The number of hydrogen-bond donors (Lipinski definition) is 0. The summed E-state index contributed by atoms with van der Waals surface area (Å²) in [6.45, 7) is 7.71. The number of rotatable bonds is 6. The molecule has 0 saturated carbocycles. The van der Waals surface area contributed by atoms with E-state index in [4.69, 9.17) is 9.84 Å². The summed E-state index contributed by atoms with van der Waals surface area (Å²) >= 11 is 0. The van der Waals surface area contributed by atoms with Crippen LogP contribution < -0.4 is 0 Å². The Morgan fingerprint density at radius 3 is 2.62 bits per heavy atom. The van der Waals surface area contributed by atoms with Gasteiger partial charge >= 0.3 is 6.18 Å². The standard InChI is InChI=1S/C18H29F3N4O/c1-2-26-17-4-9-24(10-5-17)13-15-12-16-14-23(11-6-18(19,20)21)7-3-8-25(16)22-15/h12,17H,2-11,13-14H2,1H3. The molecule has 5 nitrogen and oxygen atoms in total. The van der Waals surface area contributed by atoms with Crippen molar-refractivity contribution in [3.8, 4) is 0 Å². The Balaban J connectivity index is 1.53. The highest BCUT2D eigenvalue weighted by atomic mass is 19.4. The molecule has 2 aliphatic heterocycles. The smallest absolute Gasteiger partial charge is 0.378 e. The van der Waals surface area contributed by atoms with Crippen molar-refractivity contribution in [1.82, 2.24) is 19.6 Å². The molecule has 0 aromatic carbocycles. The van der Waals surface area contributed by atoms with Gasteiger partial charge in [0.25, 0.3) is 0 Å². The number of hydrogen-bond acceptors (Lipinski definition) is 4. The van der Waals surface area contributed by atoms with Crippen LogP contribution in [0, 0.1) is 0 Å². The van der Waals surface area contributed by atoms with Gasteiger partial charge in [-0.15, -0.1) is 0 Å². The zero-order valence-electron chi connectivity index (χ0n) is 15.5. The average Bonchev–Trinajstić information content (AvgIpc) is 2.85. The summed E-state index contributed by atoms with van der Waals surface area (Å²) in [7, 11) is 0. The Bertz CT molecular complexity index is 567. The lowest BCUT2D eigenvalue weighted by atomic mass is 10.1. The number of nitrogens with zero attached hydrogens (tertiary/aromatic N) is 4. The van der Waals surface area contributed by atoms with Gasteiger partial charge in [-0.2, -0.15) is 18.3 Å². The normalized spacial score (nSPS) is 20.9. The lowest BCUT2D eigenvalue weighted by Gasteiger charge is -2.31.